The van der Waals surface area contributed by atoms with Gasteiger partial charge in [-0.15, -0.1) is 5.10 Å². The molecule has 2 fully saturated rings. The lowest BCUT2D eigenvalue weighted by Crippen LogP contribution is -2.41. The van der Waals surface area contributed by atoms with Crippen molar-refractivity contribution in [2.45, 2.75) is 37.8 Å². The summed E-state index contributed by atoms with van der Waals surface area (Å²) < 4.78 is 1.73. The van der Waals surface area contributed by atoms with Crippen LogP contribution in [0.3, 0.4) is 0 Å². The number of nitrogens with one attached hydrogen (secondary N) is 1. The summed E-state index contributed by atoms with van der Waals surface area (Å²) >= 11 is 5.97. The maximum atomic E-state index is 5.97. The van der Waals surface area contributed by atoms with Crippen LogP contribution >= 0.6 is 11.6 Å². The van der Waals surface area contributed by atoms with Crippen LogP contribution in [0, 0.1) is 5.92 Å². The van der Waals surface area contributed by atoms with Gasteiger partial charge in [0.1, 0.15) is 0 Å². The van der Waals surface area contributed by atoms with Crippen LogP contribution in [0.5, 0.6) is 0 Å². The first-order chi connectivity index (χ1) is 10.2. The van der Waals surface area contributed by atoms with E-state index in [1.54, 1.807) is 10.7 Å². The van der Waals surface area contributed by atoms with Crippen molar-refractivity contribution in [3.05, 3.63) is 23.4 Å². The average Bonchev–Trinajstić information content (AvgIpc) is 2.93. The van der Waals surface area contributed by atoms with Crippen LogP contribution < -0.4 is 5.32 Å². The van der Waals surface area contributed by atoms with Crippen LogP contribution in [0.15, 0.2) is 18.3 Å². The summed E-state index contributed by atoms with van der Waals surface area (Å²) in [4.78, 5) is 7.05. The minimum absolute atomic E-state index is 0.672. The van der Waals surface area contributed by atoms with Crippen molar-refractivity contribution in [3.8, 4) is 0 Å². The van der Waals surface area contributed by atoms with Crippen molar-refractivity contribution in [2.75, 3.05) is 18.9 Å². The summed E-state index contributed by atoms with van der Waals surface area (Å²) in [5.74, 6) is 1.43. The highest BCUT2D eigenvalue weighted by molar-refractivity contribution is 6.30. The minimum Gasteiger partial charge on any atom is -0.353 e. The van der Waals surface area contributed by atoms with Gasteiger partial charge in [-0.3, -0.25) is 0 Å². The molecule has 2 aliphatic rings. The van der Waals surface area contributed by atoms with E-state index in [-0.39, 0.29) is 0 Å². The van der Waals surface area contributed by atoms with E-state index >= 15 is 0 Å². The number of aromatic nitrogens is 3. The largest absolute Gasteiger partial charge is 0.353 e. The zero-order chi connectivity index (χ0) is 14.4. The van der Waals surface area contributed by atoms with Crippen molar-refractivity contribution in [1.82, 2.24) is 19.5 Å². The first kappa shape index (κ1) is 13.3. The van der Waals surface area contributed by atoms with Gasteiger partial charge in [-0.2, -0.15) is 4.98 Å². The molecule has 0 aromatic carbocycles. The monoisotopic (exact) mass is 305 g/mol. The average molecular weight is 306 g/mol. The molecule has 2 aliphatic heterocycles. The lowest BCUT2D eigenvalue weighted by molar-refractivity contribution is 0.139. The van der Waals surface area contributed by atoms with E-state index in [2.05, 4.69) is 27.3 Å². The first-order valence-electron chi connectivity index (χ1n) is 7.67. The van der Waals surface area contributed by atoms with Gasteiger partial charge in [-0.25, -0.2) is 4.52 Å². The zero-order valence-corrected chi connectivity index (χ0v) is 12.9. The highest BCUT2D eigenvalue weighted by Crippen LogP contribution is 2.37. The molecule has 2 aromatic rings. The number of halogens is 1. The van der Waals surface area contributed by atoms with Crippen molar-refractivity contribution in [3.63, 3.8) is 0 Å². The third-order valence-electron chi connectivity index (χ3n) is 5.04. The molecule has 2 bridgehead atoms. The number of hydrogen-bond donors (Lipinski definition) is 1. The molecule has 1 N–H and O–H groups in total. The van der Waals surface area contributed by atoms with Gasteiger partial charge < -0.3 is 10.2 Å². The third kappa shape index (κ3) is 2.49. The fourth-order valence-corrected chi connectivity index (χ4v) is 4.01. The number of anilines is 1. The number of pyridine rings is 1. The first-order valence-corrected chi connectivity index (χ1v) is 8.04. The number of rotatable bonds is 3. The Hall–Kier alpha value is -1.33. The Morgan fingerprint density at radius 1 is 1.29 bits per heavy atom. The molecule has 21 heavy (non-hydrogen) atoms. The highest BCUT2D eigenvalue weighted by atomic mass is 35.5. The molecule has 2 saturated heterocycles. The summed E-state index contributed by atoms with van der Waals surface area (Å²) in [5.41, 5.74) is 0.824. The van der Waals surface area contributed by atoms with Gasteiger partial charge >= 0.3 is 0 Å². The molecule has 0 saturated carbocycles. The smallest absolute Gasteiger partial charge is 0.243 e. The second kappa shape index (κ2) is 5.14. The number of hydrogen-bond acceptors (Lipinski definition) is 4. The second-order valence-corrected chi connectivity index (χ2v) is 6.79. The topological polar surface area (TPSA) is 45.5 Å². The van der Waals surface area contributed by atoms with Gasteiger partial charge in [-0.05, 0) is 50.8 Å². The van der Waals surface area contributed by atoms with E-state index in [0.29, 0.717) is 11.0 Å². The lowest BCUT2D eigenvalue weighted by Gasteiger charge is -2.36. The minimum atomic E-state index is 0.672. The maximum absolute atomic E-state index is 5.97. The molecule has 5 nitrogen and oxygen atoms in total. The molecular formula is C15H20ClN5. The summed E-state index contributed by atoms with van der Waals surface area (Å²) in [6.07, 6.45) is 7.09. The predicted octanol–water partition coefficient (Wildman–Crippen LogP) is 2.67. The van der Waals surface area contributed by atoms with Gasteiger partial charge in [0.15, 0.2) is 5.65 Å². The number of nitrogens with zero attached hydrogens (tertiary/aromatic N) is 4. The van der Waals surface area contributed by atoms with E-state index in [9.17, 15) is 0 Å². The van der Waals surface area contributed by atoms with Gasteiger partial charge in [0.25, 0.3) is 0 Å². The van der Waals surface area contributed by atoms with Gasteiger partial charge in [0.05, 0.1) is 5.02 Å². The van der Waals surface area contributed by atoms with Crippen molar-refractivity contribution in [2.24, 2.45) is 5.92 Å². The molecule has 4 heterocycles. The zero-order valence-electron chi connectivity index (χ0n) is 12.2. The highest BCUT2D eigenvalue weighted by Gasteiger charge is 2.38. The van der Waals surface area contributed by atoms with Crippen molar-refractivity contribution < 1.29 is 0 Å². The Kier molecular flexibility index (Phi) is 3.27. The van der Waals surface area contributed by atoms with Crippen LogP contribution in [0.4, 0.5) is 5.95 Å². The molecule has 6 heteroatoms. The van der Waals surface area contributed by atoms with Crippen LogP contribution in [-0.4, -0.2) is 45.2 Å². The summed E-state index contributed by atoms with van der Waals surface area (Å²) in [6, 6.07) is 5.28. The Labute approximate surface area is 129 Å². The fraction of sp³-hybridized carbons (Fsp3) is 0.600. The van der Waals surface area contributed by atoms with Gasteiger partial charge in [-0.1, -0.05) is 11.6 Å². The van der Waals surface area contributed by atoms with Gasteiger partial charge in [0.2, 0.25) is 5.95 Å². The molecule has 0 aliphatic carbocycles. The van der Waals surface area contributed by atoms with Crippen LogP contribution in [0.1, 0.15) is 25.7 Å². The Balaban J connectivity index is 1.42. The maximum Gasteiger partial charge on any atom is 0.243 e. The molecule has 4 rings (SSSR count). The molecule has 0 spiro atoms. The van der Waals surface area contributed by atoms with E-state index in [0.717, 1.165) is 30.2 Å². The molecule has 2 atom stereocenters. The van der Waals surface area contributed by atoms with E-state index < -0.39 is 0 Å². The van der Waals surface area contributed by atoms with Gasteiger partial charge in [0, 0.05) is 24.8 Å². The number of fused-ring (bicyclic) bond motifs is 3. The molecular weight excluding hydrogens is 286 g/mol. The van der Waals surface area contributed by atoms with Crippen molar-refractivity contribution in [1.29, 1.82) is 0 Å². The molecule has 0 amide bonds. The quantitative estimate of drug-likeness (QED) is 0.947. The Bertz CT molecular complexity index is 641. The van der Waals surface area contributed by atoms with Crippen LogP contribution in [0.25, 0.3) is 5.65 Å². The third-order valence-corrected chi connectivity index (χ3v) is 5.26. The predicted molar refractivity (Wildman–Crippen MR) is 83.8 cm³/mol. The van der Waals surface area contributed by atoms with E-state index in [1.165, 1.54) is 25.7 Å². The van der Waals surface area contributed by atoms with E-state index in [1.807, 2.05) is 12.1 Å². The van der Waals surface area contributed by atoms with E-state index in [4.69, 9.17) is 11.6 Å². The number of piperidine rings is 1. The van der Waals surface area contributed by atoms with Crippen molar-refractivity contribution >= 4 is 23.2 Å². The Morgan fingerprint density at radius 2 is 2.05 bits per heavy atom. The molecule has 0 radical (unpaired) electrons. The van der Waals surface area contributed by atoms with Crippen LogP contribution in [0.2, 0.25) is 5.02 Å². The standard InChI is InChI=1S/C15H20ClN5/c1-20-12-3-4-13(20)7-10(6-12)8-17-15-18-14-5-2-11(16)9-21(14)19-15/h2,5,9-10,12-13H,3-4,6-8H2,1H3,(H,17,19). The normalized spacial score (nSPS) is 29.1. The SMILES string of the molecule is CN1C2CCC1CC(CNc1nc3ccc(Cl)cn3n1)C2. The molecule has 2 aromatic heterocycles. The summed E-state index contributed by atoms with van der Waals surface area (Å²) in [6.45, 7) is 0.964. The molecule has 2 unspecified atom stereocenters. The van der Waals surface area contributed by atoms with Crippen LogP contribution in [-0.2, 0) is 0 Å². The second-order valence-electron chi connectivity index (χ2n) is 6.35. The lowest BCUT2D eigenvalue weighted by atomic mass is 9.91. The Morgan fingerprint density at radius 3 is 2.81 bits per heavy atom. The summed E-state index contributed by atoms with van der Waals surface area (Å²) in [7, 11) is 2.28. The summed E-state index contributed by atoms with van der Waals surface area (Å²) in [5, 5.41) is 8.50. The molecule has 112 valence electrons. The fourth-order valence-electron chi connectivity index (χ4n) is 3.86.